The van der Waals surface area contributed by atoms with Crippen LogP contribution in [0.5, 0.6) is 5.75 Å². The number of halogens is 3. The van der Waals surface area contributed by atoms with Gasteiger partial charge in [0, 0.05) is 12.8 Å². The summed E-state index contributed by atoms with van der Waals surface area (Å²) in [7, 11) is 0. The fourth-order valence-electron chi connectivity index (χ4n) is 1.29. The predicted octanol–water partition coefficient (Wildman–Crippen LogP) is 2.05. The van der Waals surface area contributed by atoms with Gasteiger partial charge < -0.3 is 10.5 Å². The minimum absolute atomic E-state index is 0.0445. The molecule has 0 bridgehead atoms. The van der Waals surface area contributed by atoms with Crippen molar-refractivity contribution in [2.75, 3.05) is 6.54 Å². The van der Waals surface area contributed by atoms with Gasteiger partial charge in [0.15, 0.2) is 0 Å². The monoisotopic (exact) mass is 247 g/mol. The summed E-state index contributed by atoms with van der Waals surface area (Å²) in [6.45, 7) is 0.272. The van der Waals surface area contributed by atoms with Crippen molar-refractivity contribution < 1.29 is 22.7 Å². The maximum Gasteiger partial charge on any atom is 0.573 e. The number of carbonyl (C=O) groups is 1. The molecule has 17 heavy (non-hydrogen) atoms. The SMILES string of the molecule is NCCC(=O)Cc1ccc(OC(F)(F)F)cc1. The average molecular weight is 247 g/mol. The number of nitrogens with two attached hydrogens (primary N) is 1. The molecule has 6 heteroatoms. The van der Waals surface area contributed by atoms with E-state index in [4.69, 9.17) is 5.73 Å². The Kier molecular flexibility index (Phi) is 4.51. The van der Waals surface area contributed by atoms with Gasteiger partial charge in [0.2, 0.25) is 0 Å². The molecule has 94 valence electrons. The van der Waals surface area contributed by atoms with Crippen molar-refractivity contribution in [2.45, 2.75) is 19.2 Å². The maximum atomic E-state index is 11.9. The Morgan fingerprint density at radius 3 is 2.29 bits per heavy atom. The van der Waals surface area contributed by atoms with Gasteiger partial charge in [-0.05, 0) is 24.2 Å². The molecule has 0 saturated heterocycles. The number of ether oxygens (including phenoxy) is 1. The van der Waals surface area contributed by atoms with Crippen LogP contribution in [0.3, 0.4) is 0 Å². The highest BCUT2D eigenvalue weighted by atomic mass is 19.4. The van der Waals surface area contributed by atoms with E-state index < -0.39 is 6.36 Å². The second-order valence-corrected chi connectivity index (χ2v) is 3.45. The minimum atomic E-state index is -4.70. The van der Waals surface area contributed by atoms with E-state index in [2.05, 4.69) is 4.74 Å². The quantitative estimate of drug-likeness (QED) is 0.866. The van der Waals surface area contributed by atoms with Gasteiger partial charge in [-0.25, -0.2) is 0 Å². The van der Waals surface area contributed by atoms with Gasteiger partial charge in [-0.15, -0.1) is 13.2 Å². The highest BCUT2D eigenvalue weighted by Crippen LogP contribution is 2.22. The molecule has 0 aliphatic rings. The van der Waals surface area contributed by atoms with Crippen molar-refractivity contribution in [3.05, 3.63) is 29.8 Å². The van der Waals surface area contributed by atoms with Crippen molar-refractivity contribution >= 4 is 5.78 Å². The summed E-state index contributed by atoms with van der Waals surface area (Å²) in [5.41, 5.74) is 5.85. The molecule has 0 heterocycles. The maximum absolute atomic E-state index is 11.9. The molecular weight excluding hydrogens is 235 g/mol. The van der Waals surface area contributed by atoms with Crippen molar-refractivity contribution in [1.82, 2.24) is 0 Å². The van der Waals surface area contributed by atoms with Gasteiger partial charge >= 0.3 is 6.36 Å². The first-order valence-corrected chi connectivity index (χ1v) is 4.97. The van der Waals surface area contributed by atoms with E-state index in [-0.39, 0.29) is 30.9 Å². The lowest BCUT2D eigenvalue weighted by molar-refractivity contribution is -0.274. The second kappa shape index (κ2) is 5.67. The van der Waals surface area contributed by atoms with E-state index in [1.54, 1.807) is 0 Å². The minimum Gasteiger partial charge on any atom is -0.406 e. The summed E-state index contributed by atoms with van der Waals surface area (Å²) in [4.78, 5) is 11.2. The highest BCUT2D eigenvalue weighted by Gasteiger charge is 2.30. The van der Waals surface area contributed by atoms with Gasteiger partial charge in [-0.2, -0.15) is 0 Å². The first-order valence-electron chi connectivity index (χ1n) is 4.97. The number of hydrogen-bond acceptors (Lipinski definition) is 3. The second-order valence-electron chi connectivity index (χ2n) is 3.45. The largest absolute Gasteiger partial charge is 0.573 e. The van der Waals surface area contributed by atoms with Crippen LogP contribution < -0.4 is 10.5 Å². The van der Waals surface area contributed by atoms with E-state index in [1.807, 2.05) is 0 Å². The van der Waals surface area contributed by atoms with Crippen molar-refractivity contribution in [2.24, 2.45) is 5.73 Å². The lowest BCUT2D eigenvalue weighted by Crippen LogP contribution is -2.17. The summed E-state index contributed by atoms with van der Waals surface area (Å²) >= 11 is 0. The number of carbonyl (C=O) groups excluding carboxylic acids is 1. The Balaban J connectivity index is 2.59. The van der Waals surface area contributed by atoms with E-state index in [0.29, 0.717) is 5.56 Å². The topological polar surface area (TPSA) is 52.3 Å². The average Bonchev–Trinajstić information content (AvgIpc) is 2.19. The molecule has 2 N–H and O–H groups in total. The van der Waals surface area contributed by atoms with Gasteiger partial charge in [0.25, 0.3) is 0 Å². The van der Waals surface area contributed by atoms with Crippen molar-refractivity contribution in [3.8, 4) is 5.75 Å². The molecule has 0 saturated carbocycles. The summed E-state index contributed by atoms with van der Waals surface area (Å²) in [6.07, 6.45) is -4.26. The fourth-order valence-corrected chi connectivity index (χ4v) is 1.29. The van der Waals surface area contributed by atoms with Crippen LogP contribution in [-0.2, 0) is 11.2 Å². The number of alkyl halides is 3. The van der Waals surface area contributed by atoms with Crippen molar-refractivity contribution in [1.29, 1.82) is 0 Å². The van der Waals surface area contributed by atoms with Crippen LogP contribution in [0.4, 0.5) is 13.2 Å². The molecule has 0 aliphatic heterocycles. The number of benzene rings is 1. The zero-order chi connectivity index (χ0) is 12.9. The first-order chi connectivity index (χ1) is 7.90. The fraction of sp³-hybridized carbons (Fsp3) is 0.364. The van der Waals surface area contributed by atoms with Crippen LogP contribution in [-0.4, -0.2) is 18.7 Å². The van der Waals surface area contributed by atoms with Gasteiger partial charge in [-0.3, -0.25) is 4.79 Å². The van der Waals surface area contributed by atoms with Crippen molar-refractivity contribution in [3.63, 3.8) is 0 Å². The lowest BCUT2D eigenvalue weighted by Gasteiger charge is -2.09. The molecule has 0 radical (unpaired) electrons. The van der Waals surface area contributed by atoms with Crippen LogP contribution in [0.1, 0.15) is 12.0 Å². The Hall–Kier alpha value is -1.56. The molecule has 1 aromatic rings. The van der Waals surface area contributed by atoms with E-state index in [0.717, 1.165) is 0 Å². The van der Waals surface area contributed by atoms with Crippen LogP contribution in [0, 0.1) is 0 Å². The normalized spacial score (nSPS) is 11.3. The molecule has 0 atom stereocenters. The Bertz CT molecular complexity index is 373. The molecule has 0 amide bonds. The Morgan fingerprint density at radius 2 is 1.82 bits per heavy atom. The molecule has 0 aliphatic carbocycles. The summed E-state index contributed by atoms with van der Waals surface area (Å²) in [5, 5.41) is 0. The van der Waals surface area contributed by atoms with E-state index in [9.17, 15) is 18.0 Å². The standard InChI is InChI=1S/C11H12F3NO2/c12-11(13,14)17-10-3-1-8(2-4-10)7-9(16)5-6-15/h1-4H,5-7,15H2. The van der Waals surface area contributed by atoms with Gasteiger partial charge in [0.1, 0.15) is 11.5 Å². The molecule has 3 nitrogen and oxygen atoms in total. The van der Waals surface area contributed by atoms with E-state index >= 15 is 0 Å². The molecule has 0 unspecified atom stereocenters. The number of hydrogen-bond donors (Lipinski definition) is 1. The van der Waals surface area contributed by atoms with Crippen LogP contribution >= 0.6 is 0 Å². The third-order valence-electron chi connectivity index (χ3n) is 1.98. The molecular formula is C11H12F3NO2. The highest BCUT2D eigenvalue weighted by molar-refractivity contribution is 5.81. The van der Waals surface area contributed by atoms with Crippen LogP contribution in [0.25, 0.3) is 0 Å². The zero-order valence-electron chi connectivity index (χ0n) is 8.96. The van der Waals surface area contributed by atoms with E-state index in [1.165, 1.54) is 24.3 Å². The Labute approximate surface area is 96.4 Å². The molecule has 1 rings (SSSR count). The molecule has 1 aromatic carbocycles. The number of Topliss-reactive ketones (excluding diaryl/α,β-unsaturated/α-hetero) is 1. The summed E-state index contributed by atoms with van der Waals surface area (Å²) in [5.74, 6) is -0.343. The van der Waals surface area contributed by atoms with Gasteiger partial charge in [-0.1, -0.05) is 12.1 Å². The van der Waals surface area contributed by atoms with Crippen LogP contribution in [0.2, 0.25) is 0 Å². The molecule has 0 aromatic heterocycles. The summed E-state index contributed by atoms with van der Waals surface area (Å²) in [6, 6.07) is 5.21. The van der Waals surface area contributed by atoms with Gasteiger partial charge in [0.05, 0.1) is 0 Å². The Morgan fingerprint density at radius 1 is 1.24 bits per heavy atom. The van der Waals surface area contributed by atoms with Crippen LogP contribution in [0.15, 0.2) is 24.3 Å². The third-order valence-corrected chi connectivity index (χ3v) is 1.98. The predicted molar refractivity (Wildman–Crippen MR) is 55.5 cm³/mol. The lowest BCUT2D eigenvalue weighted by atomic mass is 10.1. The number of rotatable bonds is 5. The third kappa shape index (κ3) is 5.35. The molecule has 0 spiro atoms. The summed E-state index contributed by atoms with van der Waals surface area (Å²) < 4.78 is 39.3. The first kappa shape index (κ1) is 13.5. The smallest absolute Gasteiger partial charge is 0.406 e. The molecule has 0 fully saturated rings. The number of ketones is 1. The zero-order valence-corrected chi connectivity index (χ0v) is 8.96.